The first-order valence-electron chi connectivity index (χ1n) is 9.69. The van der Waals surface area contributed by atoms with Gasteiger partial charge < -0.3 is 9.94 Å². The average molecular weight is 498 g/mol. The van der Waals surface area contributed by atoms with E-state index in [0.717, 1.165) is 12.1 Å². The molecular formula is C23H13Cl2N3O6. The van der Waals surface area contributed by atoms with Crippen LogP contribution in [0.1, 0.15) is 32.1 Å². The second-order valence-corrected chi connectivity index (χ2v) is 7.85. The third-order valence-electron chi connectivity index (χ3n) is 4.87. The molecule has 170 valence electrons. The summed E-state index contributed by atoms with van der Waals surface area (Å²) in [6, 6.07) is 15.5. The van der Waals surface area contributed by atoms with Gasteiger partial charge in [-0.1, -0.05) is 53.5 Å². The minimum atomic E-state index is -0.818. The summed E-state index contributed by atoms with van der Waals surface area (Å²) in [5.74, 6) is -1.45. The van der Waals surface area contributed by atoms with Gasteiger partial charge in [-0.2, -0.15) is 4.73 Å². The number of ketones is 1. The fourth-order valence-electron chi connectivity index (χ4n) is 3.20. The molecule has 0 aliphatic rings. The molecule has 9 nitrogen and oxygen atoms in total. The molecule has 0 radical (unpaired) electrons. The molecule has 34 heavy (non-hydrogen) atoms. The average Bonchev–Trinajstić information content (AvgIpc) is 2.84. The van der Waals surface area contributed by atoms with Crippen LogP contribution < -0.4 is 4.73 Å². The van der Waals surface area contributed by atoms with Gasteiger partial charge in [-0.15, -0.1) is 0 Å². The summed E-state index contributed by atoms with van der Waals surface area (Å²) < 4.78 is 5.65. The number of aromatic nitrogens is 2. The maximum Gasteiger partial charge on any atom is 0.338 e. The van der Waals surface area contributed by atoms with Crippen molar-refractivity contribution in [1.29, 1.82) is 0 Å². The zero-order valence-corrected chi connectivity index (χ0v) is 18.6. The highest BCUT2D eigenvalue weighted by Crippen LogP contribution is 2.27. The van der Waals surface area contributed by atoms with E-state index in [0.29, 0.717) is 4.73 Å². The van der Waals surface area contributed by atoms with Gasteiger partial charge in [-0.3, -0.25) is 14.9 Å². The van der Waals surface area contributed by atoms with E-state index in [1.165, 1.54) is 36.4 Å². The SMILES string of the molecule is O=C(OCc1nc2cc(Cl)c(Cl)cc2[n+]([O-])c1C(=O)c1ccccc1)c1ccc([N+](=O)[O-])cc1. The minimum absolute atomic E-state index is 0.0131. The Morgan fingerprint density at radius 1 is 0.971 bits per heavy atom. The molecule has 11 heteroatoms. The number of benzene rings is 3. The lowest BCUT2D eigenvalue weighted by molar-refractivity contribution is -0.580. The first-order chi connectivity index (χ1) is 16.3. The van der Waals surface area contributed by atoms with Gasteiger partial charge in [0.25, 0.3) is 17.2 Å². The Balaban J connectivity index is 1.74. The van der Waals surface area contributed by atoms with Crippen LogP contribution in [0.15, 0.2) is 66.7 Å². The Bertz CT molecular complexity index is 1440. The van der Waals surface area contributed by atoms with Gasteiger partial charge in [-0.05, 0) is 18.2 Å². The molecule has 0 fully saturated rings. The molecule has 0 atom stereocenters. The first kappa shape index (κ1) is 23.1. The Kier molecular flexibility index (Phi) is 6.40. The first-order valence-corrected chi connectivity index (χ1v) is 10.4. The van der Waals surface area contributed by atoms with Crippen LogP contribution in [-0.4, -0.2) is 21.7 Å². The number of esters is 1. The topological polar surface area (TPSA) is 126 Å². The van der Waals surface area contributed by atoms with Crippen molar-refractivity contribution >= 4 is 51.7 Å². The molecule has 0 saturated heterocycles. The van der Waals surface area contributed by atoms with Gasteiger partial charge in [0.15, 0.2) is 5.69 Å². The lowest BCUT2D eigenvalue weighted by Crippen LogP contribution is -2.38. The number of hydrogen-bond acceptors (Lipinski definition) is 7. The number of carbonyl (C=O) groups excluding carboxylic acids is 2. The van der Waals surface area contributed by atoms with Gasteiger partial charge in [0, 0.05) is 23.8 Å². The third-order valence-corrected chi connectivity index (χ3v) is 5.60. The van der Waals surface area contributed by atoms with Crippen molar-refractivity contribution in [3.63, 3.8) is 0 Å². The normalized spacial score (nSPS) is 10.8. The van der Waals surface area contributed by atoms with Crippen LogP contribution >= 0.6 is 23.2 Å². The third kappa shape index (κ3) is 4.52. The lowest BCUT2D eigenvalue weighted by atomic mass is 10.1. The molecule has 0 aliphatic heterocycles. The van der Waals surface area contributed by atoms with Crippen LogP contribution in [0.4, 0.5) is 5.69 Å². The van der Waals surface area contributed by atoms with Gasteiger partial charge in [-0.25, -0.2) is 9.78 Å². The fourth-order valence-corrected chi connectivity index (χ4v) is 3.52. The molecule has 0 unspecified atom stereocenters. The van der Waals surface area contributed by atoms with Crippen LogP contribution in [0.3, 0.4) is 0 Å². The molecule has 4 rings (SSSR count). The molecular weight excluding hydrogens is 485 g/mol. The second-order valence-electron chi connectivity index (χ2n) is 7.03. The maximum atomic E-state index is 13.2. The van der Waals surface area contributed by atoms with Crippen LogP contribution in [0.25, 0.3) is 11.0 Å². The van der Waals surface area contributed by atoms with Crippen molar-refractivity contribution in [2.24, 2.45) is 0 Å². The highest BCUT2D eigenvalue weighted by Gasteiger charge is 2.29. The van der Waals surface area contributed by atoms with Crippen molar-refractivity contribution in [2.75, 3.05) is 0 Å². The van der Waals surface area contributed by atoms with E-state index in [-0.39, 0.29) is 49.3 Å². The van der Waals surface area contributed by atoms with E-state index in [4.69, 9.17) is 27.9 Å². The fraction of sp³-hybridized carbons (Fsp3) is 0.0435. The summed E-state index contributed by atoms with van der Waals surface area (Å²) in [5.41, 5.74) is -0.178. The molecule has 0 amide bonds. The van der Waals surface area contributed by atoms with Crippen molar-refractivity contribution < 1.29 is 24.0 Å². The van der Waals surface area contributed by atoms with Gasteiger partial charge in [0.1, 0.15) is 12.1 Å². The van der Waals surface area contributed by atoms with E-state index < -0.39 is 23.3 Å². The van der Waals surface area contributed by atoms with E-state index in [9.17, 15) is 24.9 Å². The van der Waals surface area contributed by atoms with E-state index in [2.05, 4.69) is 4.98 Å². The number of hydrogen-bond donors (Lipinski definition) is 0. The summed E-state index contributed by atoms with van der Waals surface area (Å²) in [6.45, 7) is -0.512. The zero-order valence-electron chi connectivity index (χ0n) is 17.1. The Labute approximate surface area is 201 Å². The smallest absolute Gasteiger partial charge is 0.338 e. The number of rotatable bonds is 6. The van der Waals surface area contributed by atoms with Crippen molar-refractivity contribution in [3.05, 3.63) is 115 Å². The molecule has 0 spiro atoms. The largest absolute Gasteiger partial charge is 0.618 e. The van der Waals surface area contributed by atoms with E-state index in [1.807, 2.05) is 0 Å². The number of carbonyl (C=O) groups is 2. The Morgan fingerprint density at radius 2 is 1.62 bits per heavy atom. The monoisotopic (exact) mass is 497 g/mol. The van der Waals surface area contributed by atoms with Crippen molar-refractivity contribution in [2.45, 2.75) is 6.61 Å². The number of nitrogens with zero attached hydrogens (tertiary/aromatic N) is 3. The molecule has 4 aromatic rings. The predicted molar refractivity (Wildman–Crippen MR) is 123 cm³/mol. The zero-order chi connectivity index (χ0) is 24.4. The second kappa shape index (κ2) is 9.42. The lowest BCUT2D eigenvalue weighted by Gasteiger charge is -2.12. The van der Waals surface area contributed by atoms with Crippen LogP contribution in [0.5, 0.6) is 0 Å². The predicted octanol–water partition coefficient (Wildman–Crippen LogP) is 4.67. The Morgan fingerprint density at radius 3 is 2.26 bits per heavy atom. The number of halogens is 2. The number of non-ortho nitro benzene ring substituents is 1. The van der Waals surface area contributed by atoms with Crippen molar-refractivity contribution in [1.82, 2.24) is 4.98 Å². The van der Waals surface area contributed by atoms with Gasteiger partial charge in [0.2, 0.25) is 5.52 Å². The molecule has 1 aromatic heterocycles. The highest BCUT2D eigenvalue weighted by atomic mass is 35.5. The molecule has 3 aromatic carbocycles. The van der Waals surface area contributed by atoms with Crippen LogP contribution in [0.2, 0.25) is 10.0 Å². The number of fused-ring (bicyclic) bond motifs is 1. The Hall–Kier alpha value is -4.08. The molecule has 1 heterocycles. The maximum absolute atomic E-state index is 13.2. The van der Waals surface area contributed by atoms with E-state index in [1.54, 1.807) is 18.2 Å². The van der Waals surface area contributed by atoms with Gasteiger partial charge in [0.05, 0.1) is 20.5 Å². The quantitative estimate of drug-likeness (QED) is 0.0944. The standard InChI is InChI=1S/C23H13Cl2N3O6/c24-16-10-18-20(11-17(16)25)27(31)21(22(29)13-4-2-1-3-5-13)19(26-18)12-34-23(30)14-6-8-15(9-7-14)28(32)33/h1-11H,12H2. The van der Waals surface area contributed by atoms with Crippen LogP contribution in [0, 0.1) is 15.3 Å². The van der Waals surface area contributed by atoms with E-state index >= 15 is 0 Å². The summed E-state index contributed by atoms with van der Waals surface area (Å²) >= 11 is 12.1. The van der Waals surface area contributed by atoms with Crippen LogP contribution in [-0.2, 0) is 11.3 Å². The number of ether oxygens (including phenoxy) is 1. The van der Waals surface area contributed by atoms with Gasteiger partial charge >= 0.3 is 5.97 Å². The molecule has 0 saturated carbocycles. The van der Waals surface area contributed by atoms with Crippen molar-refractivity contribution in [3.8, 4) is 0 Å². The summed E-state index contributed by atoms with van der Waals surface area (Å²) in [5, 5.41) is 24.2. The molecule has 0 N–H and O–H groups in total. The molecule has 0 bridgehead atoms. The minimum Gasteiger partial charge on any atom is -0.618 e. The molecule has 0 aliphatic carbocycles. The highest BCUT2D eigenvalue weighted by molar-refractivity contribution is 6.42. The summed E-state index contributed by atoms with van der Waals surface area (Å²) in [4.78, 5) is 40.2. The summed E-state index contributed by atoms with van der Waals surface area (Å²) in [6.07, 6.45) is 0. The number of nitro benzene ring substituents is 1. The summed E-state index contributed by atoms with van der Waals surface area (Å²) in [7, 11) is 0. The number of nitro groups is 1.